The number of hydrogen-bond acceptors (Lipinski definition) is 4. The summed E-state index contributed by atoms with van der Waals surface area (Å²) >= 11 is 0. The average molecular weight is 237 g/mol. The van der Waals surface area contributed by atoms with Crippen molar-refractivity contribution in [2.75, 3.05) is 0 Å². The molecule has 94 valence electrons. The molecule has 0 aliphatic heterocycles. The summed E-state index contributed by atoms with van der Waals surface area (Å²) < 4.78 is 7.20. The minimum atomic E-state index is -0.135. The highest BCUT2D eigenvalue weighted by Crippen LogP contribution is 2.35. The molecule has 1 aromatic heterocycles. The van der Waals surface area contributed by atoms with E-state index in [-0.39, 0.29) is 12.6 Å². The van der Waals surface area contributed by atoms with Crippen LogP contribution in [-0.2, 0) is 16.1 Å². The summed E-state index contributed by atoms with van der Waals surface area (Å²) in [5, 5.41) is 7.84. The fraction of sp³-hybridized carbons (Fsp3) is 0.750. The summed E-state index contributed by atoms with van der Waals surface area (Å²) in [5.41, 5.74) is 0. The van der Waals surface area contributed by atoms with Crippen molar-refractivity contribution in [2.45, 2.75) is 58.1 Å². The highest BCUT2D eigenvalue weighted by molar-refractivity contribution is 5.69. The Hall–Kier alpha value is -1.39. The maximum Gasteiger partial charge on any atom is 0.306 e. The topological polar surface area (TPSA) is 57.0 Å². The molecule has 5 heteroatoms. The fourth-order valence-corrected chi connectivity index (χ4v) is 1.76. The molecule has 17 heavy (non-hydrogen) atoms. The number of ether oxygens (including phenoxy) is 1. The molecule has 1 saturated carbocycles. The Labute approximate surface area is 101 Å². The number of carbonyl (C=O) groups excluding carboxylic acids is 1. The lowest BCUT2D eigenvalue weighted by Crippen LogP contribution is -2.08. The van der Waals surface area contributed by atoms with Gasteiger partial charge in [-0.2, -0.15) is 0 Å². The van der Waals surface area contributed by atoms with E-state index < -0.39 is 0 Å². The fourth-order valence-electron chi connectivity index (χ4n) is 1.76. The van der Waals surface area contributed by atoms with Crippen LogP contribution < -0.4 is 0 Å². The molecule has 0 radical (unpaired) electrons. The SMILES string of the molecule is CCCCCC(=O)OCc1nncn1C1CC1. The first kappa shape index (κ1) is 12.1. The number of unbranched alkanes of at least 4 members (excludes halogenated alkanes) is 2. The van der Waals surface area contributed by atoms with Crippen molar-refractivity contribution in [1.82, 2.24) is 14.8 Å². The van der Waals surface area contributed by atoms with E-state index in [0.717, 1.165) is 25.1 Å². The van der Waals surface area contributed by atoms with Gasteiger partial charge in [-0.25, -0.2) is 0 Å². The van der Waals surface area contributed by atoms with Crippen LogP contribution in [0.5, 0.6) is 0 Å². The second-order valence-electron chi connectivity index (χ2n) is 4.50. The minimum absolute atomic E-state index is 0.135. The molecular formula is C12H19N3O2. The third-order valence-corrected chi connectivity index (χ3v) is 2.93. The van der Waals surface area contributed by atoms with Crippen LogP contribution in [0.25, 0.3) is 0 Å². The van der Waals surface area contributed by atoms with Crippen molar-refractivity contribution in [2.24, 2.45) is 0 Å². The standard InChI is InChI=1S/C12H19N3O2/c1-2-3-4-5-12(16)17-8-11-14-13-9-15(11)10-6-7-10/h9-10H,2-8H2,1H3. The molecule has 0 amide bonds. The number of rotatable bonds is 7. The van der Waals surface area contributed by atoms with Crippen LogP contribution in [0.2, 0.25) is 0 Å². The lowest BCUT2D eigenvalue weighted by atomic mass is 10.2. The third-order valence-electron chi connectivity index (χ3n) is 2.93. The molecule has 0 atom stereocenters. The third kappa shape index (κ3) is 3.54. The van der Waals surface area contributed by atoms with E-state index in [1.54, 1.807) is 6.33 Å². The number of nitrogens with zero attached hydrogens (tertiary/aromatic N) is 3. The van der Waals surface area contributed by atoms with E-state index >= 15 is 0 Å². The maximum absolute atomic E-state index is 11.4. The van der Waals surface area contributed by atoms with E-state index in [1.807, 2.05) is 4.57 Å². The zero-order valence-corrected chi connectivity index (χ0v) is 10.3. The van der Waals surface area contributed by atoms with Gasteiger partial charge in [0.25, 0.3) is 0 Å². The average Bonchev–Trinajstić information content (AvgIpc) is 3.06. The Morgan fingerprint density at radius 1 is 1.53 bits per heavy atom. The van der Waals surface area contributed by atoms with Gasteiger partial charge in [-0.1, -0.05) is 19.8 Å². The molecule has 1 aliphatic rings. The smallest absolute Gasteiger partial charge is 0.306 e. The quantitative estimate of drug-likeness (QED) is 0.539. The summed E-state index contributed by atoms with van der Waals surface area (Å²) in [6, 6.07) is 0.527. The van der Waals surface area contributed by atoms with Crippen LogP contribution in [0.15, 0.2) is 6.33 Å². The Morgan fingerprint density at radius 3 is 3.06 bits per heavy atom. The zero-order chi connectivity index (χ0) is 12.1. The number of carbonyl (C=O) groups is 1. The van der Waals surface area contributed by atoms with Crippen LogP contribution >= 0.6 is 0 Å². The summed E-state index contributed by atoms with van der Waals surface area (Å²) in [6.45, 7) is 2.37. The van der Waals surface area contributed by atoms with Crippen LogP contribution in [0.4, 0.5) is 0 Å². The molecule has 0 saturated heterocycles. The van der Waals surface area contributed by atoms with E-state index in [0.29, 0.717) is 12.5 Å². The molecular weight excluding hydrogens is 218 g/mol. The molecule has 0 unspecified atom stereocenters. The van der Waals surface area contributed by atoms with Crippen LogP contribution in [0.3, 0.4) is 0 Å². The van der Waals surface area contributed by atoms with E-state index in [9.17, 15) is 4.79 Å². The molecule has 0 aromatic carbocycles. The van der Waals surface area contributed by atoms with Gasteiger partial charge in [0.05, 0.1) is 0 Å². The van der Waals surface area contributed by atoms with Gasteiger partial charge in [0.15, 0.2) is 12.4 Å². The first-order valence-electron chi connectivity index (χ1n) is 6.35. The predicted molar refractivity (Wildman–Crippen MR) is 62.2 cm³/mol. The molecule has 2 rings (SSSR count). The van der Waals surface area contributed by atoms with Gasteiger partial charge < -0.3 is 9.30 Å². The van der Waals surface area contributed by atoms with E-state index in [1.165, 1.54) is 12.8 Å². The molecule has 1 aliphatic carbocycles. The highest BCUT2D eigenvalue weighted by Gasteiger charge is 2.26. The van der Waals surface area contributed by atoms with Crippen molar-refractivity contribution in [3.05, 3.63) is 12.2 Å². The van der Waals surface area contributed by atoms with Gasteiger partial charge in [-0.15, -0.1) is 10.2 Å². The predicted octanol–water partition coefficient (Wildman–Crippen LogP) is 2.24. The lowest BCUT2D eigenvalue weighted by molar-refractivity contribution is -0.145. The van der Waals surface area contributed by atoms with Gasteiger partial charge in [0.2, 0.25) is 0 Å². The Kier molecular flexibility index (Phi) is 4.12. The zero-order valence-electron chi connectivity index (χ0n) is 10.3. The summed E-state index contributed by atoms with van der Waals surface area (Å²) in [7, 11) is 0. The monoisotopic (exact) mass is 237 g/mol. The molecule has 1 fully saturated rings. The van der Waals surface area contributed by atoms with Crippen molar-refractivity contribution < 1.29 is 9.53 Å². The van der Waals surface area contributed by atoms with Gasteiger partial charge in [0.1, 0.15) is 6.33 Å². The Balaban J connectivity index is 1.73. The van der Waals surface area contributed by atoms with Crippen molar-refractivity contribution in [1.29, 1.82) is 0 Å². The molecule has 0 spiro atoms. The van der Waals surface area contributed by atoms with E-state index in [2.05, 4.69) is 17.1 Å². The molecule has 5 nitrogen and oxygen atoms in total. The molecule has 1 aromatic rings. The summed E-state index contributed by atoms with van der Waals surface area (Å²) in [5.74, 6) is 0.625. The molecule has 0 N–H and O–H groups in total. The minimum Gasteiger partial charge on any atom is -0.457 e. The number of esters is 1. The van der Waals surface area contributed by atoms with Crippen LogP contribution in [0, 0.1) is 0 Å². The lowest BCUT2D eigenvalue weighted by Gasteiger charge is -2.06. The molecule has 1 heterocycles. The van der Waals surface area contributed by atoms with Crippen LogP contribution in [0.1, 0.15) is 57.3 Å². The number of aromatic nitrogens is 3. The summed E-state index contributed by atoms with van der Waals surface area (Å²) in [6.07, 6.45) is 7.68. The van der Waals surface area contributed by atoms with Crippen molar-refractivity contribution in [3.8, 4) is 0 Å². The largest absolute Gasteiger partial charge is 0.457 e. The van der Waals surface area contributed by atoms with Crippen molar-refractivity contribution in [3.63, 3.8) is 0 Å². The molecule has 0 bridgehead atoms. The van der Waals surface area contributed by atoms with E-state index in [4.69, 9.17) is 4.74 Å². The van der Waals surface area contributed by atoms with Gasteiger partial charge >= 0.3 is 5.97 Å². The highest BCUT2D eigenvalue weighted by atomic mass is 16.5. The normalized spacial score (nSPS) is 14.9. The second kappa shape index (κ2) is 5.80. The Morgan fingerprint density at radius 2 is 2.35 bits per heavy atom. The van der Waals surface area contributed by atoms with Gasteiger partial charge in [0, 0.05) is 12.5 Å². The number of hydrogen-bond donors (Lipinski definition) is 0. The van der Waals surface area contributed by atoms with Gasteiger partial charge in [-0.05, 0) is 19.3 Å². The first-order chi connectivity index (χ1) is 8.31. The van der Waals surface area contributed by atoms with Gasteiger partial charge in [-0.3, -0.25) is 4.79 Å². The second-order valence-corrected chi connectivity index (χ2v) is 4.50. The maximum atomic E-state index is 11.4. The Bertz CT molecular complexity index is 372. The first-order valence-corrected chi connectivity index (χ1v) is 6.35. The van der Waals surface area contributed by atoms with Crippen LogP contribution in [-0.4, -0.2) is 20.7 Å². The van der Waals surface area contributed by atoms with Crippen molar-refractivity contribution >= 4 is 5.97 Å². The summed E-state index contributed by atoms with van der Waals surface area (Å²) in [4.78, 5) is 11.4.